The summed E-state index contributed by atoms with van der Waals surface area (Å²) >= 11 is 0. The topological polar surface area (TPSA) is 46.9 Å². The summed E-state index contributed by atoms with van der Waals surface area (Å²) in [6.45, 7) is 7.68. The average molecular weight is 365 g/mol. The van der Waals surface area contributed by atoms with Gasteiger partial charge in [0, 0.05) is 12.0 Å². The standard InChI is InChI=1S/C19H22F3N3O/c1-10(2)25-12(4)17(11(3)24-25)23-18(26)15-9-14(15)13-7-5-6-8-16(13)19(20,21)22/h5-8,10,14-15H,9H2,1-4H3,(H,23,26). The van der Waals surface area contributed by atoms with Crippen molar-refractivity contribution < 1.29 is 18.0 Å². The molecule has 0 saturated heterocycles. The molecule has 0 aliphatic heterocycles. The van der Waals surface area contributed by atoms with Gasteiger partial charge in [0.05, 0.1) is 22.6 Å². The second-order valence-corrected chi connectivity index (χ2v) is 7.11. The minimum absolute atomic E-state index is 0.159. The first kappa shape index (κ1) is 18.5. The van der Waals surface area contributed by atoms with E-state index in [1.165, 1.54) is 12.1 Å². The van der Waals surface area contributed by atoms with Crippen LogP contribution in [-0.2, 0) is 11.0 Å². The predicted molar refractivity (Wildman–Crippen MR) is 93.0 cm³/mol. The molecule has 3 rings (SSSR count). The number of aromatic nitrogens is 2. The molecule has 1 fully saturated rings. The Labute approximate surface area is 150 Å². The zero-order valence-electron chi connectivity index (χ0n) is 15.2. The van der Waals surface area contributed by atoms with Crippen LogP contribution < -0.4 is 5.32 Å². The van der Waals surface area contributed by atoms with Gasteiger partial charge in [0.1, 0.15) is 0 Å². The number of aryl methyl sites for hydroxylation is 1. The van der Waals surface area contributed by atoms with Crippen molar-refractivity contribution in [2.45, 2.75) is 52.3 Å². The maximum atomic E-state index is 13.2. The van der Waals surface area contributed by atoms with E-state index in [0.717, 1.165) is 11.8 Å². The molecule has 2 unspecified atom stereocenters. The lowest BCUT2D eigenvalue weighted by molar-refractivity contribution is -0.138. The maximum absolute atomic E-state index is 13.2. The Morgan fingerprint density at radius 1 is 1.27 bits per heavy atom. The number of hydrogen-bond acceptors (Lipinski definition) is 2. The smallest absolute Gasteiger partial charge is 0.323 e. The zero-order chi connectivity index (χ0) is 19.2. The number of carbonyl (C=O) groups is 1. The van der Waals surface area contributed by atoms with Crippen molar-refractivity contribution in [2.75, 3.05) is 5.32 Å². The minimum atomic E-state index is -4.41. The van der Waals surface area contributed by atoms with Gasteiger partial charge in [-0.05, 0) is 51.7 Å². The van der Waals surface area contributed by atoms with Gasteiger partial charge in [-0.25, -0.2) is 0 Å². The molecule has 7 heteroatoms. The lowest BCUT2D eigenvalue weighted by atomic mass is 10.0. The number of carbonyl (C=O) groups excluding carboxylic acids is 1. The van der Waals surface area contributed by atoms with Crippen LogP contribution >= 0.6 is 0 Å². The van der Waals surface area contributed by atoms with Gasteiger partial charge < -0.3 is 5.32 Å². The molecule has 4 nitrogen and oxygen atoms in total. The van der Waals surface area contributed by atoms with E-state index < -0.39 is 23.6 Å². The molecule has 1 aromatic heterocycles. The molecule has 1 aromatic carbocycles. The maximum Gasteiger partial charge on any atom is 0.416 e. The van der Waals surface area contributed by atoms with Crippen LogP contribution in [0.5, 0.6) is 0 Å². The van der Waals surface area contributed by atoms with E-state index in [1.54, 1.807) is 6.07 Å². The highest BCUT2D eigenvalue weighted by Crippen LogP contribution is 2.51. The summed E-state index contributed by atoms with van der Waals surface area (Å²) in [5, 5.41) is 7.29. The minimum Gasteiger partial charge on any atom is -0.323 e. The van der Waals surface area contributed by atoms with Gasteiger partial charge >= 0.3 is 6.18 Å². The molecular weight excluding hydrogens is 343 g/mol. The monoisotopic (exact) mass is 365 g/mol. The highest BCUT2D eigenvalue weighted by atomic mass is 19.4. The fourth-order valence-corrected chi connectivity index (χ4v) is 3.47. The quantitative estimate of drug-likeness (QED) is 0.843. The summed E-state index contributed by atoms with van der Waals surface area (Å²) < 4.78 is 41.4. The number of amides is 1. The third-order valence-electron chi connectivity index (χ3n) is 4.86. The average Bonchev–Trinajstić information content (AvgIpc) is 3.31. The summed E-state index contributed by atoms with van der Waals surface area (Å²) in [7, 11) is 0. The first-order valence-corrected chi connectivity index (χ1v) is 8.64. The van der Waals surface area contributed by atoms with Crippen LogP contribution in [0.1, 0.15) is 54.7 Å². The van der Waals surface area contributed by atoms with E-state index in [4.69, 9.17) is 0 Å². The zero-order valence-corrected chi connectivity index (χ0v) is 15.2. The lowest BCUT2D eigenvalue weighted by Gasteiger charge is -2.12. The van der Waals surface area contributed by atoms with Gasteiger partial charge in [0.15, 0.2) is 0 Å². The van der Waals surface area contributed by atoms with Gasteiger partial charge in [-0.15, -0.1) is 0 Å². The lowest BCUT2D eigenvalue weighted by Crippen LogP contribution is -2.17. The summed E-state index contributed by atoms with van der Waals surface area (Å²) in [5.74, 6) is -1.09. The highest BCUT2D eigenvalue weighted by Gasteiger charge is 2.48. The van der Waals surface area contributed by atoms with Crippen molar-refractivity contribution in [1.82, 2.24) is 9.78 Å². The van der Waals surface area contributed by atoms with E-state index in [9.17, 15) is 18.0 Å². The molecule has 1 heterocycles. The van der Waals surface area contributed by atoms with Crippen LogP contribution in [0, 0.1) is 19.8 Å². The summed E-state index contributed by atoms with van der Waals surface area (Å²) in [6, 6.07) is 5.65. The number of halogens is 3. The third kappa shape index (κ3) is 3.34. The number of benzene rings is 1. The molecule has 0 radical (unpaired) electrons. The molecule has 1 amide bonds. The van der Waals surface area contributed by atoms with Crippen molar-refractivity contribution >= 4 is 11.6 Å². The Morgan fingerprint density at radius 2 is 1.92 bits per heavy atom. The first-order valence-electron chi connectivity index (χ1n) is 8.64. The SMILES string of the molecule is Cc1nn(C(C)C)c(C)c1NC(=O)C1CC1c1ccccc1C(F)(F)F. The van der Waals surface area contributed by atoms with E-state index in [1.807, 2.05) is 32.4 Å². The van der Waals surface area contributed by atoms with Gasteiger partial charge in [-0.2, -0.15) is 18.3 Å². The largest absolute Gasteiger partial charge is 0.416 e. The van der Waals surface area contributed by atoms with E-state index in [-0.39, 0.29) is 17.5 Å². The molecular formula is C19H22F3N3O. The number of alkyl halides is 3. The van der Waals surface area contributed by atoms with E-state index in [2.05, 4.69) is 10.4 Å². The Morgan fingerprint density at radius 3 is 2.50 bits per heavy atom. The van der Waals surface area contributed by atoms with Gasteiger partial charge in [-0.1, -0.05) is 18.2 Å². The summed E-state index contributed by atoms with van der Waals surface area (Å²) in [6.07, 6.45) is -3.98. The van der Waals surface area contributed by atoms with Crippen LogP contribution in [0.3, 0.4) is 0 Å². The Kier molecular flexibility index (Phi) is 4.58. The summed E-state index contributed by atoms with van der Waals surface area (Å²) in [4.78, 5) is 12.6. The van der Waals surface area contributed by atoms with Crippen molar-refractivity contribution in [3.8, 4) is 0 Å². The van der Waals surface area contributed by atoms with Gasteiger partial charge in [-0.3, -0.25) is 9.48 Å². The van der Waals surface area contributed by atoms with Crippen molar-refractivity contribution in [3.63, 3.8) is 0 Å². The molecule has 1 saturated carbocycles. The number of anilines is 1. The molecule has 0 spiro atoms. The number of hydrogen-bond donors (Lipinski definition) is 1. The van der Waals surface area contributed by atoms with Gasteiger partial charge in [0.2, 0.25) is 5.91 Å². The Balaban J connectivity index is 1.77. The van der Waals surface area contributed by atoms with Crippen molar-refractivity contribution in [3.05, 3.63) is 46.8 Å². The molecule has 1 N–H and O–H groups in total. The Bertz CT molecular complexity index is 839. The normalized spacial score (nSPS) is 19.7. The van der Waals surface area contributed by atoms with Crippen molar-refractivity contribution in [1.29, 1.82) is 0 Å². The van der Waals surface area contributed by atoms with Crippen LogP contribution in [-0.4, -0.2) is 15.7 Å². The van der Waals surface area contributed by atoms with Crippen LogP contribution in [0.15, 0.2) is 24.3 Å². The molecule has 26 heavy (non-hydrogen) atoms. The fourth-order valence-electron chi connectivity index (χ4n) is 3.47. The number of nitrogens with one attached hydrogen (secondary N) is 1. The van der Waals surface area contributed by atoms with E-state index in [0.29, 0.717) is 17.8 Å². The highest BCUT2D eigenvalue weighted by molar-refractivity contribution is 5.96. The molecule has 2 atom stereocenters. The molecule has 140 valence electrons. The molecule has 2 aromatic rings. The molecule has 1 aliphatic rings. The number of nitrogens with zero attached hydrogens (tertiary/aromatic N) is 2. The Hall–Kier alpha value is -2.31. The van der Waals surface area contributed by atoms with E-state index >= 15 is 0 Å². The second kappa shape index (κ2) is 6.45. The fraction of sp³-hybridized carbons (Fsp3) is 0.474. The van der Waals surface area contributed by atoms with Crippen LogP contribution in [0.2, 0.25) is 0 Å². The first-order chi connectivity index (χ1) is 12.1. The molecule has 1 aliphatic carbocycles. The number of rotatable bonds is 4. The van der Waals surface area contributed by atoms with Gasteiger partial charge in [0.25, 0.3) is 0 Å². The molecule has 0 bridgehead atoms. The van der Waals surface area contributed by atoms with Crippen molar-refractivity contribution in [2.24, 2.45) is 5.92 Å². The van der Waals surface area contributed by atoms with Crippen LogP contribution in [0.25, 0.3) is 0 Å². The van der Waals surface area contributed by atoms with Crippen LogP contribution in [0.4, 0.5) is 18.9 Å². The predicted octanol–water partition coefficient (Wildman–Crippen LogP) is 4.84. The second-order valence-electron chi connectivity index (χ2n) is 7.11. The third-order valence-corrected chi connectivity index (χ3v) is 4.86. The summed E-state index contributed by atoms with van der Waals surface area (Å²) in [5.41, 5.74) is 1.75.